The second kappa shape index (κ2) is 11.3. The van der Waals surface area contributed by atoms with E-state index in [0.717, 1.165) is 61.9 Å². The Morgan fingerprint density at radius 1 is 1.22 bits per heavy atom. The summed E-state index contributed by atoms with van der Waals surface area (Å²) in [7, 11) is 0. The summed E-state index contributed by atoms with van der Waals surface area (Å²) in [5.74, 6) is 0.839. The first-order valence-electron chi connectivity index (χ1n) is 8.98. The van der Waals surface area contributed by atoms with Crippen LogP contribution in [0.1, 0.15) is 28.2 Å². The Kier molecular flexibility index (Phi) is 9.80. The Morgan fingerprint density at radius 2 is 1.96 bits per heavy atom. The molecule has 3 rings (SSSR count). The molecule has 0 aliphatic carbocycles. The fourth-order valence-electron chi connectivity index (χ4n) is 3.37. The molecule has 1 amide bonds. The third-order valence-electron chi connectivity index (χ3n) is 4.70. The second-order valence-corrected chi connectivity index (χ2v) is 6.51. The molecular weight excluding hydrogens is 385 g/mol. The molecule has 150 valence electrons. The van der Waals surface area contributed by atoms with E-state index in [1.165, 1.54) is 0 Å². The van der Waals surface area contributed by atoms with Crippen molar-refractivity contribution < 1.29 is 4.79 Å². The van der Waals surface area contributed by atoms with Crippen molar-refractivity contribution in [3.8, 4) is 5.82 Å². The standard InChI is InChI=1S/C19H27N5O.2ClH/c1-15-14-17(16(2)24(15)18-6-3-4-7-21-18)19(25)22-8-5-11-23-12-9-20-10-13-23;;/h3-4,6-7,14,20H,5,8-13H2,1-2H3,(H,22,25);2*1H. The molecule has 2 aromatic heterocycles. The minimum Gasteiger partial charge on any atom is -0.352 e. The molecule has 6 nitrogen and oxygen atoms in total. The van der Waals surface area contributed by atoms with E-state index in [1.807, 2.05) is 42.7 Å². The van der Waals surface area contributed by atoms with E-state index in [9.17, 15) is 4.79 Å². The van der Waals surface area contributed by atoms with Gasteiger partial charge in [0.15, 0.2) is 0 Å². The molecule has 2 N–H and O–H groups in total. The highest BCUT2D eigenvalue weighted by atomic mass is 35.5. The molecule has 0 radical (unpaired) electrons. The summed E-state index contributed by atoms with van der Waals surface area (Å²) in [6, 6.07) is 7.74. The number of hydrogen-bond acceptors (Lipinski definition) is 4. The molecule has 27 heavy (non-hydrogen) atoms. The molecule has 2 aromatic rings. The minimum absolute atomic E-state index is 0. The van der Waals surface area contributed by atoms with Crippen LogP contribution in [0.25, 0.3) is 5.82 Å². The van der Waals surface area contributed by atoms with E-state index in [1.54, 1.807) is 6.20 Å². The highest BCUT2D eigenvalue weighted by Crippen LogP contribution is 2.19. The van der Waals surface area contributed by atoms with Gasteiger partial charge in [-0.2, -0.15) is 0 Å². The number of aromatic nitrogens is 2. The molecule has 0 unspecified atom stereocenters. The molecule has 1 saturated heterocycles. The van der Waals surface area contributed by atoms with Gasteiger partial charge >= 0.3 is 0 Å². The molecule has 0 aromatic carbocycles. The van der Waals surface area contributed by atoms with Crippen LogP contribution >= 0.6 is 24.8 Å². The lowest BCUT2D eigenvalue weighted by atomic mass is 10.2. The summed E-state index contributed by atoms with van der Waals surface area (Å²) in [6.07, 6.45) is 2.74. The van der Waals surface area contributed by atoms with Crippen LogP contribution in [0.4, 0.5) is 0 Å². The van der Waals surface area contributed by atoms with Crippen LogP contribution in [0, 0.1) is 13.8 Å². The lowest BCUT2D eigenvalue weighted by molar-refractivity contribution is 0.0950. The molecular formula is C19H29Cl2N5O. The Hall–Kier alpha value is -1.60. The van der Waals surface area contributed by atoms with Crippen LogP contribution in [0.3, 0.4) is 0 Å². The van der Waals surface area contributed by atoms with Gasteiger partial charge in [0.1, 0.15) is 5.82 Å². The van der Waals surface area contributed by atoms with Crippen LogP contribution in [0.5, 0.6) is 0 Å². The maximum absolute atomic E-state index is 12.5. The van der Waals surface area contributed by atoms with Crippen molar-refractivity contribution in [2.24, 2.45) is 0 Å². The third kappa shape index (κ3) is 5.94. The van der Waals surface area contributed by atoms with Gasteiger partial charge in [-0.05, 0) is 45.0 Å². The topological polar surface area (TPSA) is 62.2 Å². The largest absolute Gasteiger partial charge is 0.352 e. The van der Waals surface area contributed by atoms with Crippen molar-refractivity contribution in [3.63, 3.8) is 0 Å². The minimum atomic E-state index is -0.00408. The molecule has 1 aliphatic heterocycles. The fourth-order valence-corrected chi connectivity index (χ4v) is 3.37. The number of amides is 1. The molecule has 1 aliphatic rings. The number of nitrogens with one attached hydrogen (secondary N) is 2. The van der Waals surface area contributed by atoms with E-state index in [-0.39, 0.29) is 30.7 Å². The average molecular weight is 414 g/mol. The number of pyridine rings is 1. The van der Waals surface area contributed by atoms with Gasteiger partial charge in [-0.3, -0.25) is 4.79 Å². The van der Waals surface area contributed by atoms with Crippen molar-refractivity contribution in [2.45, 2.75) is 20.3 Å². The van der Waals surface area contributed by atoms with Gasteiger partial charge in [0.25, 0.3) is 5.91 Å². The first-order valence-corrected chi connectivity index (χ1v) is 8.98. The van der Waals surface area contributed by atoms with Gasteiger partial charge in [-0.1, -0.05) is 6.07 Å². The predicted octanol–water partition coefficient (Wildman–Crippen LogP) is 2.36. The maximum Gasteiger partial charge on any atom is 0.253 e. The fraction of sp³-hybridized carbons (Fsp3) is 0.474. The average Bonchev–Trinajstić information content (AvgIpc) is 2.94. The third-order valence-corrected chi connectivity index (χ3v) is 4.70. The van der Waals surface area contributed by atoms with Gasteiger partial charge in [0.05, 0.1) is 5.56 Å². The number of piperazine rings is 1. The molecule has 8 heteroatoms. The molecule has 3 heterocycles. The van der Waals surface area contributed by atoms with Gasteiger partial charge in [0, 0.05) is 50.3 Å². The normalized spacial score (nSPS) is 14.1. The maximum atomic E-state index is 12.5. The Labute approximate surface area is 173 Å². The summed E-state index contributed by atoms with van der Waals surface area (Å²) in [5.41, 5.74) is 2.67. The highest BCUT2D eigenvalue weighted by Gasteiger charge is 2.17. The van der Waals surface area contributed by atoms with Crippen LogP contribution in [0.15, 0.2) is 30.5 Å². The zero-order chi connectivity index (χ0) is 17.6. The number of carbonyl (C=O) groups excluding carboxylic acids is 1. The number of rotatable bonds is 6. The number of carbonyl (C=O) groups is 1. The Bertz CT molecular complexity index is 714. The van der Waals surface area contributed by atoms with Gasteiger partial charge in [-0.25, -0.2) is 4.98 Å². The summed E-state index contributed by atoms with van der Waals surface area (Å²) >= 11 is 0. The predicted molar refractivity (Wildman–Crippen MR) is 114 cm³/mol. The summed E-state index contributed by atoms with van der Waals surface area (Å²) in [4.78, 5) is 19.4. The zero-order valence-electron chi connectivity index (χ0n) is 15.9. The summed E-state index contributed by atoms with van der Waals surface area (Å²) < 4.78 is 2.02. The van der Waals surface area contributed by atoms with Crippen LogP contribution in [0.2, 0.25) is 0 Å². The van der Waals surface area contributed by atoms with E-state index < -0.39 is 0 Å². The summed E-state index contributed by atoms with van der Waals surface area (Å²) in [5, 5.41) is 6.41. The lowest BCUT2D eigenvalue weighted by Crippen LogP contribution is -2.44. The van der Waals surface area contributed by atoms with Crippen LogP contribution < -0.4 is 10.6 Å². The van der Waals surface area contributed by atoms with E-state index in [2.05, 4.69) is 20.5 Å². The SMILES string of the molecule is Cc1cc(C(=O)NCCCN2CCNCC2)c(C)n1-c1ccccn1.Cl.Cl. The molecule has 0 bridgehead atoms. The van der Waals surface area contributed by atoms with Crippen molar-refractivity contribution in [3.05, 3.63) is 47.4 Å². The first-order chi connectivity index (χ1) is 12.2. The number of halogens is 2. The quantitative estimate of drug-likeness (QED) is 0.713. The Balaban J connectivity index is 0.00000182. The zero-order valence-corrected chi connectivity index (χ0v) is 17.5. The van der Waals surface area contributed by atoms with E-state index >= 15 is 0 Å². The van der Waals surface area contributed by atoms with Crippen LogP contribution in [-0.4, -0.2) is 59.6 Å². The smallest absolute Gasteiger partial charge is 0.253 e. The molecule has 0 spiro atoms. The van der Waals surface area contributed by atoms with Crippen molar-refractivity contribution >= 4 is 30.7 Å². The van der Waals surface area contributed by atoms with Crippen molar-refractivity contribution in [1.29, 1.82) is 0 Å². The van der Waals surface area contributed by atoms with Crippen molar-refractivity contribution in [2.75, 3.05) is 39.3 Å². The van der Waals surface area contributed by atoms with Gasteiger partial charge in [-0.15, -0.1) is 24.8 Å². The van der Waals surface area contributed by atoms with E-state index in [0.29, 0.717) is 6.54 Å². The second-order valence-electron chi connectivity index (χ2n) is 6.51. The summed E-state index contributed by atoms with van der Waals surface area (Å²) in [6.45, 7) is 10.0. The molecule has 0 atom stereocenters. The van der Waals surface area contributed by atoms with Gasteiger partial charge < -0.3 is 20.1 Å². The number of aryl methyl sites for hydroxylation is 1. The van der Waals surface area contributed by atoms with E-state index in [4.69, 9.17) is 0 Å². The first kappa shape index (κ1) is 23.4. The Morgan fingerprint density at radius 3 is 2.63 bits per heavy atom. The monoisotopic (exact) mass is 413 g/mol. The molecule has 1 fully saturated rings. The van der Waals surface area contributed by atoms with Crippen LogP contribution in [-0.2, 0) is 0 Å². The van der Waals surface area contributed by atoms with Gasteiger partial charge in [0.2, 0.25) is 0 Å². The molecule has 0 saturated carbocycles. The number of nitrogens with zero attached hydrogens (tertiary/aromatic N) is 3. The van der Waals surface area contributed by atoms with Crippen molar-refractivity contribution in [1.82, 2.24) is 25.1 Å². The number of hydrogen-bond donors (Lipinski definition) is 2. The highest BCUT2D eigenvalue weighted by molar-refractivity contribution is 5.95. The lowest BCUT2D eigenvalue weighted by Gasteiger charge is -2.27.